The van der Waals surface area contributed by atoms with E-state index in [1.54, 1.807) is 0 Å². The summed E-state index contributed by atoms with van der Waals surface area (Å²) in [5.74, 6) is -1.68. The van der Waals surface area contributed by atoms with Crippen LogP contribution in [0.2, 0.25) is 0 Å². The molecule has 0 aromatic rings. The number of rotatable bonds is 2. The van der Waals surface area contributed by atoms with Gasteiger partial charge < -0.3 is 5.11 Å². The third-order valence-corrected chi connectivity index (χ3v) is 2.59. The topological polar surface area (TPSA) is 40.5 Å². The first-order chi connectivity index (χ1) is 6.31. The minimum absolute atomic E-state index is 0.206. The second-order valence-electron chi connectivity index (χ2n) is 3.56. The molecule has 0 spiro atoms. The van der Waals surface area contributed by atoms with Crippen LogP contribution in [-0.4, -0.2) is 41.3 Å². The highest BCUT2D eigenvalue weighted by Gasteiger charge is 2.41. The van der Waals surface area contributed by atoms with Crippen molar-refractivity contribution in [1.82, 2.24) is 4.90 Å². The number of nitrogens with zero attached hydrogens (tertiary/aromatic N) is 1. The fourth-order valence-electron chi connectivity index (χ4n) is 1.79. The molecule has 1 heterocycles. The van der Waals surface area contributed by atoms with Crippen LogP contribution in [-0.2, 0) is 4.79 Å². The van der Waals surface area contributed by atoms with Gasteiger partial charge in [0.2, 0.25) is 0 Å². The van der Waals surface area contributed by atoms with Gasteiger partial charge in [-0.2, -0.15) is 13.2 Å². The average Bonchev–Trinajstić information content (AvgIpc) is 2.29. The molecule has 2 atom stereocenters. The number of carbonyl (C=O) groups is 1. The molecular weight excluding hydrogens is 199 g/mol. The van der Waals surface area contributed by atoms with Gasteiger partial charge in [0.05, 0.1) is 12.5 Å². The molecule has 0 bridgehead atoms. The van der Waals surface area contributed by atoms with Crippen LogP contribution in [0.5, 0.6) is 0 Å². The summed E-state index contributed by atoms with van der Waals surface area (Å²) in [5.41, 5.74) is 0. The Hall–Kier alpha value is -0.780. The summed E-state index contributed by atoms with van der Waals surface area (Å²) in [6.45, 7) is 0.715. The van der Waals surface area contributed by atoms with Gasteiger partial charge in [-0.25, -0.2) is 0 Å². The third kappa shape index (κ3) is 2.60. The van der Waals surface area contributed by atoms with E-state index < -0.39 is 30.7 Å². The molecule has 0 radical (unpaired) electrons. The maximum absolute atomic E-state index is 12.0. The Morgan fingerprint density at radius 3 is 2.50 bits per heavy atom. The molecule has 6 heteroatoms. The molecule has 14 heavy (non-hydrogen) atoms. The van der Waals surface area contributed by atoms with E-state index in [2.05, 4.69) is 0 Å². The summed E-state index contributed by atoms with van der Waals surface area (Å²) in [6, 6.07) is -0.533. The molecule has 0 amide bonds. The first-order valence-electron chi connectivity index (χ1n) is 4.35. The molecule has 0 aromatic heterocycles. The van der Waals surface area contributed by atoms with Crippen molar-refractivity contribution in [1.29, 1.82) is 0 Å². The molecule has 1 saturated heterocycles. The van der Waals surface area contributed by atoms with E-state index in [9.17, 15) is 18.0 Å². The van der Waals surface area contributed by atoms with Crippen molar-refractivity contribution in [2.45, 2.75) is 25.6 Å². The Morgan fingerprint density at radius 1 is 1.57 bits per heavy atom. The van der Waals surface area contributed by atoms with Gasteiger partial charge in [-0.3, -0.25) is 9.69 Å². The second kappa shape index (κ2) is 3.76. The number of alkyl halides is 3. The molecule has 0 aromatic carbocycles. The van der Waals surface area contributed by atoms with Crippen molar-refractivity contribution < 1.29 is 23.1 Å². The van der Waals surface area contributed by atoms with Crippen molar-refractivity contribution in [3.8, 4) is 0 Å². The fourth-order valence-corrected chi connectivity index (χ4v) is 1.79. The normalized spacial score (nSPS) is 29.4. The van der Waals surface area contributed by atoms with Crippen LogP contribution in [0, 0.1) is 5.92 Å². The molecule has 0 unspecified atom stereocenters. The van der Waals surface area contributed by atoms with Gasteiger partial charge in [-0.1, -0.05) is 0 Å². The SMILES string of the molecule is C[C@@H]1[C@@H](C(=O)O)CCN1CC(F)(F)F. The summed E-state index contributed by atoms with van der Waals surface area (Å²) >= 11 is 0. The van der Waals surface area contributed by atoms with E-state index in [0.29, 0.717) is 6.42 Å². The molecule has 1 rings (SSSR count). The van der Waals surface area contributed by atoms with Gasteiger partial charge in [-0.05, 0) is 19.9 Å². The van der Waals surface area contributed by atoms with Crippen molar-refractivity contribution in [3.05, 3.63) is 0 Å². The molecule has 1 aliphatic rings. The number of carboxylic acids is 1. The van der Waals surface area contributed by atoms with Crippen molar-refractivity contribution in [3.63, 3.8) is 0 Å². The van der Waals surface area contributed by atoms with Gasteiger partial charge >= 0.3 is 12.1 Å². The number of hydrogen-bond donors (Lipinski definition) is 1. The van der Waals surface area contributed by atoms with E-state index in [0.717, 1.165) is 0 Å². The predicted molar refractivity (Wildman–Crippen MR) is 42.8 cm³/mol. The van der Waals surface area contributed by atoms with Crippen LogP contribution < -0.4 is 0 Å². The summed E-state index contributed by atoms with van der Waals surface area (Å²) in [7, 11) is 0. The van der Waals surface area contributed by atoms with Gasteiger partial charge in [-0.15, -0.1) is 0 Å². The Morgan fingerprint density at radius 2 is 2.14 bits per heavy atom. The predicted octanol–water partition coefficient (Wildman–Crippen LogP) is 1.34. The zero-order valence-corrected chi connectivity index (χ0v) is 7.71. The van der Waals surface area contributed by atoms with Gasteiger partial charge in [0.15, 0.2) is 0 Å². The highest BCUT2D eigenvalue weighted by molar-refractivity contribution is 5.71. The Labute approximate surface area is 79.5 Å². The van der Waals surface area contributed by atoms with Crippen LogP contribution in [0.15, 0.2) is 0 Å². The Balaban J connectivity index is 2.56. The van der Waals surface area contributed by atoms with Gasteiger partial charge in [0, 0.05) is 6.04 Å². The zero-order chi connectivity index (χ0) is 10.9. The van der Waals surface area contributed by atoms with E-state index >= 15 is 0 Å². The third-order valence-electron chi connectivity index (χ3n) is 2.59. The molecule has 82 valence electrons. The minimum atomic E-state index is -4.25. The lowest BCUT2D eigenvalue weighted by molar-refractivity contribution is -0.152. The smallest absolute Gasteiger partial charge is 0.401 e. The van der Waals surface area contributed by atoms with Crippen LogP contribution >= 0.6 is 0 Å². The molecule has 1 aliphatic heterocycles. The largest absolute Gasteiger partial charge is 0.481 e. The molecule has 3 nitrogen and oxygen atoms in total. The van der Waals surface area contributed by atoms with Crippen molar-refractivity contribution >= 4 is 5.97 Å². The van der Waals surface area contributed by atoms with E-state index in [1.807, 2.05) is 0 Å². The summed E-state index contributed by atoms with van der Waals surface area (Å²) in [4.78, 5) is 11.8. The highest BCUT2D eigenvalue weighted by atomic mass is 19.4. The van der Waals surface area contributed by atoms with E-state index in [-0.39, 0.29) is 6.54 Å². The first kappa shape index (κ1) is 11.3. The van der Waals surface area contributed by atoms with Crippen LogP contribution in [0.3, 0.4) is 0 Å². The molecule has 0 aliphatic carbocycles. The van der Waals surface area contributed by atoms with Crippen molar-refractivity contribution in [2.75, 3.05) is 13.1 Å². The number of likely N-dealkylation sites (tertiary alicyclic amines) is 1. The number of hydrogen-bond acceptors (Lipinski definition) is 2. The number of halogens is 3. The molecule has 0 saturated carbocycles. The zero-order valence-electron chi connectivity index (χ0n) is 7.71. The molecular formula is C8H12F3NO2. The second-order valence-corrected chi connectivity index (χ2v) is 3.56. The average molecular weight is 211 g/mol. The van der Waals surface area contributed by atoms with Crippen LogP contribution in [0.1, 0.15) is 13.3 Å². The standard InChI is InChI=1S/C8H12F3NO2/c1-5-6(7(13)14)2-3-12(5)4-8(9,10)11/h5-6H,2-4H2,1H3,(H,13,14)/t5-,6+/m1/s1. The maximum Gasteiger partial charge on any atom is 0.401 e. The van der Waals surface area contributed by atoms with E-state index in [4.69, 9.17) is 5.11 Å². The summed E-state index contributed by atoms with van der Waals surface area (Å²) in [5, 5.41) is 8.69. The minimum Gasteiger partial charge on any atom is -0.481 e. The molecule has 1 fully saturated rings. The Bertz CT molecular complexity index is 229. The number of carboxylic acid groups (broad SMARTS) is 1. The van der Waals surface area contributed by atoms with E-state index in [1.165, 1.54) is 11.8 Å². The monoisotopic (exact) mass is 211 g/mol. The van der Waals surface area contributed by atoms with Crippen molar-refractivity contribution in [2.24, 2.45) is 5.92 Å². The van der Waals surface area contributed by atoms with Crippen LogP contribution in [0.4, 0.5) is 13.2 Å². The van der Waals surface area contributed by atoms with Gasteiger partial charge in [0.1, 0.15) is 0 Å². The summed E-state index contributed by atoms with van der Waals surface area (Å²) in [6.07, 6.45) is -3.95. The lowest BCUT2D eigenvalue weighted by Crippen LogP contribution is -2.39. The van der Waals surface area contributed by atoms with Gasteiger partial charge in [0.25, 0.3) is 0 Å². The first-order valence-corrected chi connectivity index (χ1v) is 4.35. The van der Waals surface area contributed by atoms with Crippen LogP contribution in [0.25, 0.3) is 0 Å². The number of aliphatic carboxylic acids is 1. The molecule has 1 N–H and O–H groups in total. The lowest BCUT2D eigenvalue weighted by atomic mass is 10.0. The lowest BCUT2D eigenvalue weighted by Gasteiger charge is -2.23. The maximum atomic E-state index is 12.0. The summed E-state index contributed by atoms with van der Waals surface area (Å²) < 4.78 is 36.1. The Kier molecular flexibility index (Phi) is 3.04. The quantitative estimate of drug-likeness (QED) is 0.749. The highest BCUT2D eigenvalue weighted by Crippen LogP contribution is 2.27. The fraction of sp³-hybridized carbons (Fsp3) is 0.875.